The Labute approximate surface area is 130 Å². The first kappa shape index (κ1) is 15.0. The fraction of sp³-hybridized carbons (Fsp3) is 0.529. The summed E-state index contributed by atoms with van der Waals surface area (Å²) < 4.78 is 2.07. The van der Waals surface area contributed by atoms with Crippen molar-refractivity contribution >= 4 is 11.6 Å². The molecule has 0 bridgehead atoms. The number of pyridine rings is 1. The van der Waals surface area contributed by atoms with E-state index in [1.54, 1.807) is 0 Å². The molecule has 0 aliphatic carbocycles. The smallest absolute Gasteiger partial charge is 0.309 e. The van der Waals surface area contributed by atoms with E-state index in [1.807, 2.05) is 25.3 Å². The van der Waals surface area contributed by atoms with Gasteiger partial charge in [-0.1, -0.05) is 18.9 Å². The van der Waals surface area contributed by atoms with E-state index in [2.05, 4.69) is 14.3 Å². The van der Waals surface area contributed by atoms with Gasteiger partial charge in [0.05, 0.1) is 17.8 Å². The maximum absolute atomic E-state index is 11.2. The number of rotatable bonds is 4. The fourth-order valence-corrected chi connectivity index (χ4v) is 3.26. The molecule has 0 spiro atoms. The minimum atomic E-state index is -0.821. The van der Waals surface area contributed by atoms with Gasteiger partial charge in [-0.15, -0.1) is 0 Å². The van der Waals surface area contributed by atoms with Crippen molar-refractivity contribution in [2.24, 2.45) is 0 Å². The molecule has 1 N–H and O–H groups in total. The number of carbonyl (C=O) groups is 1. The normalized spacial score (nSPS) is 16.8. The lowest BCUT2D eigenvalue weighted by atomic mass is 10.2. The van der Waals surface area contributed by atoms with E-state index in [9.17, 15) is 9.90 Å². The second kappa shape index (κ2) is 6.48. The molecule has 0 amide bonds. The maximum atomic E-state index is 11.2. The van der Waals surface area contributed by atoms with Crippen molar-refractivity contribution in [2.75, 3.05) is 13.1 Å². The molecular formula is C17H23N3O2. The fourth-order valence-electron chi connectivity index (χ4n) is 3.26. The Morgan fingerprint density at radius 2 is 2.00 bits per heavy atom. The molecule has 1 saturated heterocycles. The summed E-state index contributed by atoms with van der Waals surface area (Å²) in [6.45, 7) is 4.98. The molecule has 1 aliphatic rings. The summed E-state index contributed by atoms with van der Waals surface area (Å²) >= 11 is 0. The van der Waals surface area contributed by atoms with Gasteiger partial charge < -0.3 is 9.51 Å². The first-order valence-corrected chi connectivity index (χ1v) is 8.05. The van der Waals surface area contributed by atoms with Gasteiger partial charge in [0.25, 0.3) is 0 Å². The number of imidazole rings is 1. The van der Waals surface area contributed by atoms with Crippen LogP contribution in [0.3, 0.4) is 0 Å². The highest BCUT2D eigenvalue weighted by Crippen LogP contribution is 2.20. The summed E-state index contributed by atoms with van der Waals surface area (Å²) in [5, 5.41) is 9.17. The van der Waals surface area contributed by atoms with Crippen LogP contribution in [0.2, 0.25) is 0 Å². The van der Waals surface area contributed by atoms with E-state index in [0.29, 0.717) is 5.69 Å². The number of nitrogens with zero attached hydrogens (tertiary/aromatic N) is 3. The second-order valence-corrected chi connectivity index (χ2v) is 6.15. The molecule has 2 aromatic rings. The van der Waals surface area contributed by atoms with Crippen LogP contribution in [0, 0.1) is 6.92 Å². The predicted octanol–water partition coefficient (Wildman–Crippen LogP) is 2.65. The Kier molecular flexibility index (Phi) is 4.43. The van der Waals surface area contributed by atoms with Crippen molar-refractivity contribution in [3.05, 3.63) is 35.3 Å². The zero-order valence-corrected chi connectivity index (χ0v) is 13.1. The first-order chi connectivity index (χ1) is 10.6. The zero-order valence-electron chi connectivity index (χ0n) is 13.1. The molecule has 0 saturated carbocycles. The van der Waals surface area contributed by atoms with Crippen molar-refractivity contribution in [3.8, 4) is 0 Å². The van der Waals surface area contributed by atoms with Gasteiger partial charge in [-0.3, -0.25) is 9.69 Å². The Morgan fingerprint density at radius 3 is 2.68 bits per heavy atom. The molecule has 3 rings (SSSR count). The molecule has 5 nitrogen and oxygen atoms in total. The number of hydrogen-bond donors (Lipinski definition) is 1. The third kappa shape index (κ3) is 3.14. The van der Waals surface area contributed by atoms with Crippen LogP contribution in [-0.4, -0.2) is 38.4 Å². The van der Waals surface area contributed by atoms with Crippen molar-refractivity contribution in [3.63, 3.8) is 0 Å². The molecule has 3 heterocycles. The van der Waals surface area contributed by atoms with Crippen LogP contribution in [-0.2, 0) is 17.8 Å². The number of aryl methyl sites for hydroxylation is 1. The number of likely N-dealkylation sites (tertiary alicyclic amines) is 1. The van der Waals surface area contributed by atoms with Gasteiger partial charge in [0.1, 0.15) is 5.65 Å². The van der Waals surface area contributed by atoms with Crippen LogP contribution in [0.15, 0.2) is 18.3 Å². The third-order valence-electron chi connectivity index (χ3n) is 4.42. The highest BCUT2D eigenvalue weighted by Gasteiger charge is 2.19. The van der Waals surface area contributed by atoms with Crippen molar-refractivity contribution in [1.29, 1.82) is 0 Å². The quantitative estimate of drug-likeness (QED) is 0.943. The number of aromatic nitrogens is 2. The largest absolute Gasteiger partial charge is 0.481 e. The van der Waals surface area contributed by atoms with Gasteiger partial charge >= 0.3 is 5.97 Å². The molecule has 22 heavy (non-hydrogen) atoms. The average Bonchev–Trinajstić information content (AvgIpc) is 2.66. The first-order valence-electron chi connectivity index (χ1n) is 8.05. The van der Waals surface area contributed by atoms with E-state index in [1.165, 1.54) is 25.7 Å². The third-order valence-corrected chi connectivity index (χ3v) is 4.42. The van der Waals surface area contributed by atoms with Gasteiger partial charge in [-0.25, -0.2) is 4.98 Å². The van der Waals surface area contributed by atoms with Gasteiger partial charge in [-0.2, -0.15) is 0 Å². The topological polar surface area (TPSA) is 57.8 Å². The molecule has 0 atom stereocenters. The lowest BCUT2D eigenvalue weighted by molar-refractivity contribution is -0.136. The van der Waals surface area contributed by atoms with Crippen molar-refractivity contribution in [2.45, 2.75) is 45.6 Å². The van der Waals surface area contributed by atoms with E-state index < -0.39 is 5.97 Å². The molecule has 0 radical (unpaired) electrons. The summed E-state index contributed by atoms with van der Waals surface area (Å²) in [6.07, 6.45) is 7.03. The summed E-state index contributed by atoms with van der Waals surface area (Å²) in [4.78, 5) is 18.2. The molecule has 0 aromatic carbocycles. The number of carboxylic acids is 1. The van der Waals surface area contributed by atoms with E-state index in [4.69, 9.17) is 0 Å². The van der Waals surface area contributed by atoms with Gasteiger partial charge in [0.2, 0.25) is 0 Å². The minimum Gasteiger partial charge on any atom is -0.481 e. The standard InChI is InChI=1S/C17H23N3O2/c1-13-7-6-10-20-15(12-19-8-4-2-3-5-9-19)14(11-16(21)22)18-17(13)20/h6-7,10H,2-5,8-9,11-12H2,1H3,(H,21,22). The summed E-state index contributed by atoms with van der Waals surface area (Å²) in [5.41, 5.74) is 3.69. The summed E-state index contributed by atoms with van der Waals surface area (Å²) in [7, 11) is 0. The van der Waals surface area contributed by atoms with Gasteiger partial charge in [-0.05, 0) is 44.5 Å². The summed E-state index contributed by atoms with van der Waals surface area (Å²) in [5.74, 6) is -0.821. The van der Waals surface area contributed by atoms with Crippen LogP contribution in [0.4, 0.5) is 0 Å². The minimum absolute atomic E-state index is 0.00963. The van der Waals surface area contributed by atoms with Crippen LogP contribution in [0.25, 0.3) is 5.65 Å². The summed E-state index contributed by atoms with van der Waals surface area (Å²) in [6, 6.07) is 4.02. The average molecular weight is 301 g/mol. The number of hydrogen-bond acceptors (Lipinski definition) is 3. The van der Waals surface area contributed by atoms with E-state index in [-0.39, 0.29) is 6.42 Å². The van der Waals surface area contributed by atoms with Crippen molar-refractivity contribution in [1.82, 2.24) is 14.3 Å². The van der Waals surface area contributed by atoms with Crippen molar-refractivity contribution < 1.29 is 9.90 Å². The Balaban J connectivity index is 1.97. The van der Waals surface area contributed by atoms with Crippen LogP contribution < -0.4 is 0 Å². The molecule has 1 aliphatic heterocycles. The zero-order chi connectivity index (χ0) is 15.5. The number of aliphatic carboxylic acids is 1. The molecule has 5 heteroatoms. The second-order valence-electron chi connectivity index (χ2n) is 6.15. The number of carboxylic acid groups (broad SMARTS) is 1. The Morgan fingerprint density at radius 1 is 1.27 bits per heavy atom. The van der Waals surface area contributed by atoms with Crippen LogP contribution in [0.1, 0.15) is 42.6 Å². The molecule has 118 valence electrons. The van der Waals surface area contributed by atoms with Gasteiger partial charge in [0, 0.05) is 12.7 Å². The van der Waals surface area contributed by atoms with Crippen LogP contribution in [0.5, 0.6) is 0 Å². The molecule has 2 aromatic heterocycles. The highest BCUT2D eigenvalue weighted by molar-refractivity contribution is 5.70. The molecular weight excluding hydrogens is 278 g/mol. The highest BCUT2D eigenvalue weighted by atomic mass is 16.4. The lowest BCUT2D eigenvalue weighted by Gasteiger charge is -2.20. The predicted molar refractivity (Wildman–Crippen MR) is 85.0 cm³/mol. The SMILES string of the molecule is Cc1cccn2c(CN3CCCCCC3)c(CC(=O)O)nc12. The van der Waals surface area contributed by atoms with Gasteiger partial charge in [0.15, 0.2) is 0 Å². The molecule has 1 fully saturated rings. The van der Waals surface area contributed by atoms with E-state index in [0.717, 1.165) is 36.5 Å². The Bertz CT molecular complexity index is 670. The number of fused-ring (bicyclic) bond motifs is 1. The Hall–Kier alpha value is -1.88. The lowest BCUT2D eigenvalue weighted by Crippen LogP contribution is -2.25. The van der Waals surface area contributed by atoms with Crippen LogP contribution >= 0.6 is 0 Å². The maximum Gasteiger partial charge on any atom is 0.309 e. The van der Waals surface area contributed by atoms with E-state index >= 15 is 0 Å². The monoisotopic (exact) mass is 301 g/mol. The molecule has 0 unspecified atom stereocenters.